The molecule has 0 heterocycles. The van der Waals surface area contributed by atoms with Gasteiger partial charge in [-0.05, 0) is 43.0 Å². The van der Waals surface area contributed by atoms with Gasteiger partial charge >= 0.3 is 0 Å². The van der Waals surface area contributed by atoms with Crippen LogP contribution in [0.3, 0.4) is 0 Å². The van der Waals surface area contributed by atoms with Crippen LogP contribution in [-0.2, 0) is 32.6 Å². The Labute approximate surface area is 247 Å². The van der Waals surface area contributed by atoms with Crippen LogP contribution in [-0.4, -0.2) is 50.5 Å². The zero-order valence-electron chi connectivity index (χ0n) is 24.4. The number of nitrogens with zero attached hydrogens (tertiary/aromatic N) is 2. The molecule has 3 aromatic carbocycles. The minimum absolute atomic E-state index is 0.0299. The van der Waals surface area contributed by atoms with Crippen LogP contribution >= 0.6 is 0 Å². The molecule has 3 rings (SSSR count). The Kier molecular flexibility index (Phi) is 12.0. The van der Waals surface area contributed by atoms with E-state index in [-0.39, 0.29) is 43.4 Å². The first-order valence-electron chi connectivity index (χ1n) is 14.1. The minimum Gasteiger partial charge on any atom is -0.354 e. The molecule has 0 aliphatic heterocycles. The van der Waals surface area contributed by atoms with E-state index < -0.39 is 27.7 Å². The van der Waals surface area contributed by atoms with Crippen molar-refractivity contribution in [2.24, 2.45) is 0 Å². The number of sulfonamides is 1. The predicted molar refractivity (Wildman–Crippen MR) is 161 cm³/mol. The third kappa shape index (κ3) is 9.65. The normalized spacial score (nSPS) is 12.0. The van der Waals surface area contributed by atoms with E-state index in [1.54, 1.807) is 4.90 Å². The van der Waals surface area contributed by atoms with Crippen molar-refractivity contribution in [2.75, 3.05) is 23.7 Å². The zero-order chi connectivity index (χ0) is 30.7. The van der Waals surface area contributed by atoms with Crippen LogP contribution in [0.4, 0.5) is 14.5 Å². The molecule has 0 fully saturated rings. The SMILES string of the molecule is CCCCNC(=O)C(Cc1ccccc1)N(Cc1cccc(C)c1)C(=O)CCCN(c1ccc(F)c(F)c1)S(C)(=O)=O. The molecule has 2 amide bonds. The van der Waals surface area contributed by atoms with Gasteiger partial charge < -0.3 is 10.2 Å². The molecule has 0 saturated heterocycles. The van der Waals surface area contributed by atoms with Crippen LogP contribution in [0.2, 0.25) is 0 Å². The van der Waals surface area contributed by atoms with E-state index in [1.807, 2.05) is 68.4 Å². The van der Waals surface area contributed by atoms with E-state index in [2.05, 4.69) is 5.32 Å². The monoisotopic (exact) mass is 599 g/mol. The molecule has 7 nitrogen and oxygen atoms in total. The number of hydrogen-bond acceptors (Lipinski definition) is 4. The smallest absolute Gasteiger partial charge is 0.243 e. The highest BCUT2D eigenvalue weighted by molar-refractivity contribution is 7.92. The van der Waals surface area contributed by atoms with Gasteiger partial charge in [-0.15, -0.1) is 0 Å². The Bertz CT molecular complexity index is 1450. The molecule has 0 aliphatic carbocycles. The molecular weight excluding hydrogens is 560 g/mol. The molecule has 0 spiro atoms. The van der Waals surface area contributed by atoms with Gasteiger partial charge in [0, 0.05) is 38.5 Å². The van der Waals surface area contributed by atoms with Gasteiger partial charge in [0.05, 0.1) is 11.9 Å². The molecule has 42 heavy (non-hydrogen) atoms. The van der Waals surface area contributed by atoms with Gasteiger partial charge in [-0.25, -0.2) is 17.2 Å². The number of benzene rings is 3. The molecule has 3 aromatic rings. The minimum atomic E-state index is -3.85. The van der Waals surface area contributed by atoms with Crippen molar-refractivity contribution < 1.29 is 26.8 Å². The summed E-state index contributed by atoms with van der Waals surface area (Å²) < 4.78 is 53.3. The lowest BCUT2D eigenvalue weighted by Gasteiger charge is -2.32. The number of unbranched alkanes of at least 4 members (excludes halogenated alkanes) is 1. The van der Waals surface area contributed by atoms with Crippen LogP contribution in [0.15, 0.2) is 72.8 Å². The number of nitrogens with one attached hydrogen (secondary N) is 1. The maximum atomic E-state index is 13.9. The molecule has 0 saturated carbocycles. The Balaban J connectivity index is 1.88. The Hall–Kier alpha value is -3.79. The summed E-state index contributed by atoms with van der Waals surface area (Å²) in [5.41, 5.74) is 2.75. The Morgan fingerprint density at radius 1 is 0.905 bits per heavy atom. The molecule has 1 unspecified atom stereocenters. The lowest BCUT2D eigenvalue weighted by atomic mass is 10.0. The van der Waals surface area contributed by atoms with Crippen molar-refractivity contribution in [2.45, 2.75) is 58.5 Å². The number of hydrogen-bond donors (Lipinski definition) is 1. The van der Waals surface area contributed by atoms with Gasteiger partial charge in [0.15, 0.2) is 11.6 Å². The third-order valence-electron chi connectivity index (χ3n) is 6.88. The van der Waals surface area contributed by atoms with Crippen molar-refractivity contribution in [1.29, 1.82) is 0 Å². The molecule has 226 valence electrons. The van der Waals surface area contributed by atoms with Gasteiger partial charge in [-0.3, -0.25) is 13.9 Å². The second kappa shape index (κ2) is 15.4. The standard InChI is InChI=1S/C32H39F2N3O4S/c1-4-5-18-35-32(39)30(21-25-12-7-6-8-13-25)36(23-26-14-9-11-24(2)20-26)31(38)15-10-19-37(42(3,40)41)27-16-17-28(33)29(34)22-27/h6-9,11-14,16-17,20,22,30H,4-5,10,15,18-19,21,23H2,1-3H3,(H,35,39). The fourth-order valence-corrected chi connectivity index (χ4v) is 5.67. The van der Waals surface area contributed by atoms with Gasteiger partial charge in [-0.1, -0.05) is 73.5 Å². The van der Waals surface area contributed by atoms with Crippen LogP contribution in [0.25, 0.3) is 0 Å². The van der Waals surface area contributed by atoms with Crippen LogP contribution in [0.5, 0.6) is 0 Å². The van der Waals surface area contributed by atoms with Gasteiger partial charge in [0.25, 0.3) is 0 Å². The average molecular weight is 600 g/mol. The number of halogens is 2. The van der Waals surface area contributed by atoms with E-state index in [9.17, 15) is 26.8 Å². The number of amides is 2. The van der Waals surface area contributed by atoms with Crippen LogP contribution in [0, 0.1) is 18.6 Å². The summed E-state index contributed by atoms with van der Waals surface area (Å²) >= 11 is 0. The van der Waals surface area contributed by atoms with Gasteiger partial charge in [0.2, 0.25) is 21.8 Å². The van der Waals surface area contributed by atoms with Crippen molar-refractivity contribution in [3.05, 3.63) is 101 Å². The van der Waals surface area contributed by atoms with Crippen LogP contribution in [0.1, 0.15) is 49.3 Å². The topological polar surface area (TPSA) is 86.8 Å². The van der Waals surface area contributed by atoms with E-state index in [0.29, 0.717) is 13.0 Å². The highest BCUT2D eigenvalue weighted by Crippen LogP contribution is 2.22. The van der Waals surface area contributed by atoms with Gasteiger partial charge in [0.1, 0.15) is 6.04 Å². The van der Waals surface area contributed by atoms with Gasteiger partial charge in [-0.2, -0.15) is 0 Å². The van der Waals surface area contributed by atoms with Crippen molar-refractivity contribution in [3.8, 4) is 0 Å². The van der Waals surface area contributed by atoms with Crippen LogP contribution < -0.4 is 9.62 Å². The highest BCUT2D eigenvalue weighted by atomic mass is 32.2. The van der Waals surface area contributed by atoms with Crippen molar-refractivity contribution in [3.63, 3.8) is 0 Å². The largest absolute Gasteiger partial charge is 0.354 e. The lowest BCUT2D eigenvalue weighted by Crippen LogP contribution is -2.50. The maximum absolute atomic E-state index is 13.9. The number of carbonyl (C=O) groups excluding carboxylic acids is 2. The van der Waals surface area contributed by atoms with E-state index >= 15 is 0 Å². The fraction of sp³-hybridized carbons (Fsp3) is 0.375. The second-order valence-corrected chi connectivity index (χ2v) is 12.3. The average Bonchev–Trinajstić information content (AvgIpc) is 2.94. The van der Waals surface area contributed by atoms with E-state index in [0.717, 1.165) is 52.2 Å². The molecule has 10 heteroatoms. The summed E-state index contributed by atoms with van der Waals surface area (Å²) in [6.07, 6.45) is 3.03. The highest BCUT2D eigenvalue weighted by Gasteiger charge is 2.30. The summed E-state index contributed by atoms with van der Waals surface area (Å²) in [6, 6.07) is 19.2. The quantitative estimate of drug-likeness (QED) is 0.238. The fourth-order valence-electron chi connectivity index (χ4n) is 4.71. The molecule has 1 atom stereocenters. The maximum Gasteiger partial charge on any atom is 0.243 e. The lowest BCUT2D eigenvalue weighted by molar-refractivity contribution is -0.141. The first kappa shape index (κ1) is 32.7. The van der Waals surface area contributed by atoms with Crippen molar-refractivity contribution in [1.82, 2.24) is 10.2 Å². The van der Waals surface area contributed by atoms with Crippen molar-refractivity contribution >= 4 is 27.5 Å². The second-order valence-electron chi connectivity index (χ2n) is 10.4. The molecule has 0 aliphatic rings. The summed E-state index contributed by atoms with van der Waals surface area (Å²) in [7, 11) is -3.85. The summed E-state index contributed by atoms with van der Waals surface area (Å²) in [6.45, 7) is 4.54. The molecule has 0 radical (unpaired) electrons. The first-order chi connectivity index (χ1) is 20.0. The predicted octanol–water partition coefficient (Wildman–Crippen LogP) is 5.38. The number of aryl methyl sites for hydroxylation is 1. The Morgan fingerprint density at radius 2 is 1.62 bits per heavy atom. The molecule has 1 N–H and O–H groups in total. The summed E-state index contributed by atoms with van der Waals surface area (Å²) in [4.78, 5) is 28.9. The molecule has 0 bridgehead atoms. The number of rotatable bonds is 15. The number of carbonyl (C=O) groups is 2. The first-order valence-corrected chi connectivity index (χ1v) is 15.9. The van der Waals surface area contributed by atoms with E-state index in [1.165, 1.54) is 6.07 Å². The molecule has 0 aromatic heterocycles. The molecular formula is C32H39F2N3O4S. The zero-order valence-corrected chi connectivity index (χ0v) is 25.2. The summed E-state index contributed by atoms with van der Waals surface area (Å²) in [5, 5.41) is 2.98. The number of anilines is 1. The summed E-state index contributed by atoms with van der Waals surface area (Å²) in [5.74, 6) is -2.83. The Morgan fingerprint density at radius 3 is 2.26 bits per heavy atom. The van der Waals surface area contributed by atoms with E-state index in [4.69, 9.17) is 0 Å². The third-order valence-corrected chi connectivity index (χ3v) is 8.07.